The van der Waals surface area contributed by atoms with Gasteiger partial charge in [0.1, 0.15) is 5.75 Å². The summed E-state index contributed by atoms with van der Waals surface area (Å²) in [6.07, 6.45) is -0.526. The maximum atomic E-state index is 9.43. The van der Waals surface area contributed by atoms with E-state index in [1.807, 2.05) is 18.2 Å². The lowest BCUT2D eigenvalue weighted by molar-refractivity contribution is 0.194. The van der Waals surface area contributed by atoms with Gasteiger partial charge in [0.15, 0.2) is 0 Å². The Morgan fingerprint density at radius 3 is 2.69 bits per heavy atom. The number of hydrogen-bond donors (Lipinski definition) is 2. The standard InChI is InChI=1S/C10H15NO2/c1-7(12)9-5-8(6-11)3-4-10(9)13-2/h3-5,7,12H,6,11H2,1-2H3. The Bertz CT molecular complexity index is 284. The van der Waals surface area contributed by atoms with Gasteiger partial charge in [0.2, 0.25) is 0 Å². The van der Waals surface area contributed by atoms with Gasteiger partial charge >= 0.3 is 0 Å². The fourth-order valence-corrected chi connectivity index (χ4v) is 1.24. The highest BCUT2D eigenvalue weighted by Crippen LogP contribution is 2.25. The summed E-state index contributed by atoms with van der Waals surface area (Å²) in [6.45, 7) is 2.18. The molecule has 0 amide bonds. The van der Waals surface area contributed by atoms with Gasteiger partial charge in [-0.3, -0.25) is 0 Å². The molecule has 0 bridgehead atoms. The molecule has 1 aromatic carbocycles. The van der Waals surface area contributed by atoms with E-state index >= 15 is 0 Å². The summed E-state index contributed by atoms with van der Waals surface area (Å²) in [7, 11) is 1.59. The van der Waals surface area contributed by atoms with Crippen molar-refractivity contribution < 1.29 is 9.84 Å². The van der Waals surface area contributed by atoms with Crippen LogP contribution in [0.25, 0.3) is 0 Å². The Labute approximate surface area is 78.1 Å². The van der Waals surface area contributed by atoms with Crippen molar-refractivity contribution >= 4 is 0 Å². The van der Waals surface area contributed by atoms with Crippen LogP contribution in [0.3, 0.4) is 0 Å². The highest BCUT2D eigenvalue weighted by molar-refractivity contribution is 5.38. The molecule has 0 aromatic heterocycles. The normalized spacial score (nSPS) is 12.6. The number of rotatable bonds is 3. The molecular formula is C10H15NO2. The van der Waals surface area contributed by atoms with Crippen molar-refractivity contribution in [2.75, 3.05) is 7.11 Å². The van der Waals surface area contributed by atoms with Gasteiger partial charge in [-0.15, -0.1) is 0 Å². The van der Waals surface area contributed by atoms with Crippen molar-refractivity contribution in [1.82, 2.24) is 0 Å². The molecule has 3 nitrogen and oxygen atoms in total. The second-order valence-electron chi connectivity index (χ2n) is 2.96. The van der Waals surface area contributed by atoms with E-state index in [9.17, 15) is 5.11 Å². The summed E-state index contributed by atoms with van der Waals surface area (Å²) in [5.41, 5.74) is 7.27. The Balaban J connectivity index is 3.10. The lowest BCUT2D eigenvalue weighted by Crippen LogP contribution is -2.01. The van der Waals surface area contributed by atoms with Crippen LogP contribution in [0.2, 0.25) is 0 Å². The van der Waals surface area contributed by atoms with Gasteiger partial charge in [0.25, 0.3) is 0 Å². The van der Waals surface area contributed by atoms with Crippen molar-refractivity contribution in [3.05, 3.63) is 29.3 Å². The Kier molecular flexibility index (Phi) is 3.28. The number of aliphatic hydroxyl groups is 1. The predicted octanol–water partition coefficient (Wildman–Crippen LogP) is 1.21. The number of benzene rings is 1. The summed E-state index contributed by atoms with van der Waals surface area (Å²) in [4.78, 5) is 0. The fraction of sp³-hybridized carbons (Fsp3) is 0.400. The minimum Gasteiger partial charge on any atom is -0.496 e. The van der Waals surface area contributed by atoms with E-state index < -0.39 is 6.10 Å². The third kappa shape index (κ3) is 2.20. The lowest BCUT2D eigenvalue weighted by Gasteiger charge is -2.11. The number of ether oxygens (including phenoxy) is 1. The smallest absolute Gasteiger partial charge is 0.124 e. The summed E-state index contributed by atoms with van der Waals surface area (Å²) >= 11 is 0. The molecule has 0 fully saturated rings. The van der Waals surface area contributed by atoms with Crippen LogP contribution in [0.4, 0.5) is 0 Å². The molecule has 0 radical (unpaired) electrons. The quantitative estimate of drug-likeness (QED) is 0.736. The van der Waals surface area contributed by atoms with E-state index in [0.29, 0.717) is 12.3 Å². The summed E-state index contributed by atoms with van der Waals surface area (Å²) in [6, 6.07) is 5.58. The SMILES string of the molecule is COc1ccc(CN)cc1C(C)O. The zero-order valence-electron chi connectivity index (χ0n) is 7.95. The van der Waals surface area contributed by atoms with Crippen molar-refractivity contribution in [1.29, 1.82) is 0 Å². The second kappa shape index (κ2) is 4.25. The molecule has 1 rings (SSSR count). The molecule has 72 valence electrons. The van der Waals surface area contributed by atoms with Gasteiger partial charge in [-0.1, -0.05) is 6.07 Å². The minimum atomic E-state index is -0.526. The van der Waals surface area contributed by atoms with E-state index in [1.165, 1.54) is 0 Å². The summed E-state index contributed by atoms with van der Waals surface area (Å²) in [5, 5.41) is 9.43. The van der Waals surface area contributed by atoms with Crippen LogP contribution in [-0.4, -0.2) is 12.2 Å². The van der Waals surface area contributed by atoms with E-state index in [2.05, 4.69) is 0 Å². The number of nitrogens with two attached hydrogens (primary N) is 1. The van der Waals surface area contributed by atoms with Gasteiger partial charge in [0.05, 0.1) is 13.2 Å². The average Bonchev–Trinajstić information content (AvgIpc) is 2.16. The summed E-state index contributed by atoms with van der Waals surface area (Å²) in [5.74, 6) is 0.701. The van der Waals surface area contributed by atoms with Gasteiger partial charge in [0, 0.05) is 12.1 Å². The molecule has 0 saturated carbocycles. The molecule has 1 aromatic rings. The van der Waals surface area contributed by atoms with Crippen molar-refractivity contribution in [3.63, 3.8) is 0 Å². The lowest BCUT2D eigenvalue weighted by atomic mass is 10.1. The monoisotopic (exact) mass is 181 g/mol. The average molecular weight is 181 g/mol. The van der Waals surface area contributed by atoms with Gasteiger partial charge in [-0.05, 0) is 24.6 Å². The van der Waals surface area contributed by atoms with Crippen LogP contribution < -0.4 is 10.5 Å². The van der Waals surface area contributed by atoms with E-state index in [-0.39, 0.29) is 0 Å². The first-order valence-electron chi connectivity index (χ1n) is 4.24. The van der Waals surface area contributed by atoms with Crippen LogP contribution in [-0.2, 0) is 6.54 Å². The van der Waals surface area contributed by atoms with Gasteiger partial charge in [-0.2, -0.15) is 0 Å². The maximum absolute atomic E-state index is 9.43. The van der Waals surface area contributed by atoms with Crippen LogP contribution in [0.5, 0.6) is 5.75 Å². The number of aliphatic hydroxyl groups excluding tert-OH is 1. The molecule has 0 aliphatic carbocycles. The number of hydrogen-bond acceptors (Lipinski definition) is 3. The molecule has 0 saturated heterocycles. The minimum absolute atomic E-state index is 0.476. The zero-order valence-corrected chi connectivity index (χ0v) is 7.95. The first kappa shape index (κ1) is 10.0. The molecule has 1 atom stereocenters. The number of methoxy groups -OCH3 is 1. The van der Waals surface area contributed by atoms with Crippen molar-refractivity contribution in [2.45, 2.75) is 19.6 Å². The third-order valence-corrected chi connectivity index (χ3v) is 1.98. The topological polar surface area (TPSA) is 55.5 Å². The largest absolute Gasteiger partial charge is 0.496 e. The molecule has 0 spiro atoms. The highest BCUT2D eigenvalue weighted by Gasteiger charge is 2.08. The molecule has 0 aliphatic heterocycles. The molecule has 3 heteroatoms. The van der Waals surface area contributed by atoms with E-state index in [1.54, 1.807) is 14.0 Å². The first-order valence-corrected chi connectivity index (χ1v) is 4.24. The van der Waals surface area contributed by atoms with Crippen LogP contribution in [0, 0.1) is 0 Å². The Morgan fingerprint density at radius 1 is 1.54 bits per heavy atom. The molecule has 0 heterocycles. The molecule has 0 aliphatic rings. The maximum Gasteiger partial charge on any atom is 0.124 e. The van der Waals surface area contributed by atoms with Gasteiger partial charge in [-0.25, -0.2) is 0 Å². The third-order valence-electron chi connectivity index (χ3n) is 1.98. The van der Waals surface area contributed by atoms with Crippen LogP contribution in [0.15, 0.2) is 18.2 Å². The highest BCUT2D eigenvalue weighted by atomic mass is 16.5. The van der Waals surface area contributed by atoms with Crippen LogP contribution in [0.1, 0.15) is 24.2 Å². The van der Waals surface area contributed by atoms with Crippen molar-refractivity contribution in [3.8, 4) is 5.75 Å². The predicted molar refractivity (Wildman–Crippen MR) is 51.5 cm³/mol. The van der Waals surface area contributed by atoms with E-state index in [0.717, 1.165) is 11.1 Å². The zero-order chi connectivity index (χ0) is 9.84. The van der Waals surface area contributed by atoms with Gasteiger partial charge < -0.3 is 15.6 Å². The molecule has 3 N–H and O–H groups in total. The Hall–Kier alpha value is -1.06. The Morgan fingerprint density at radius 2 is 2.23 bits per heavy atom. The summed E-state index contributed by atoms with van der Waals surface area (Å²) < 4.78 is 5.11. The molecule has 13 heavy (non-hydrogen) atoms. The van der Waals surface area contributed by atoms with E-state index in [4.69, 9.17) is 10.5 Å². The van der Waals surface area contributed by atoms with Crippen LogP contribution >= 0.6 is 0 Å². The molecular weight excluding hydrogens is 166 g/mol. The van der Waals surface area contributed by atoms with Crippen molar-refractivity contribution in [2.24, 2.45) is 5.73 Å². The first-order chi connectivity index (χ1) is 6.19. The molecule has 1 unspecified atom stereocenters. The fourth-order valence-electron chi connectivity index (χ4n) is 1.24. The second-order valence-corrected chi connectivity index (χ2v) is 2.96.